The number of ether oxygens (including phenoxy) is 3. The van der Waals surface area contributed by atoms with E-state index in [1.54, 1.807) is 60.7 Å². The number of hydrogen-bond acceptors (Lipinski definition) is 6. The van der Waals surface area contributed by atoms with Crippen LogP contribution in [0.5, 0.6) is 11.5 Å². The summed E-state index contributed by atoms with van der Waals surface area (Å²) >= 11 is 0. The monoisotopic (exact) mass is 493 g/mol. The van der Waals surface area contributed by atoms with Crippen LogP contribution in [0.1, 0.15) is 31.8 Å². The van der Waals surface area contributed by atoms with Gasteiger partial charge in [0.15, 0.2) is 11.5 Å². The van der Waals surface area contributed by atoms with Gasteiger partial charge in [0.2, 0.25) is 6.79 Å². The molecular formula is C29H23N3O5. The minimum Gasteiger partial charge on any atom is -0.457 e. The van der Waals surface area contributed by atoms with E-state index in [1.165, 1.54) is 0 Å². The first-order valence-corrected chi connectivity index (χ1v) is 11.5. The van der Waals surface area contributed by atoms with Gasteiger partial charge >= 0.3 is 5.97 Å². The number of nitrogens with two attached hydrogens (primary N) is 1. The number of carbonyl (C=O) groups is 2. The summed E-state index contributed by atoms with van der Waals surface area (Å²) in [6.45, 7) is 0.105. The standard InChI is InChI=1S/C29H23N3O5/c30-27(31)19-10-12-20(13-11-19)32-28(33)22-9-5-4-8-21(22)25-23(14-15-24-26(25)37-17-36-24)29(34)35-16-18-6-2-1-3-7-18/h1-15H,16-17H2,(H3,30,31)(H,32,33). The lowest BCUT2D eigenvalue weighted by molar-refractivity contribution is 0.0473. The second-order valence-electron chi connectivity index (χ2n) is 8.27. The van der Waals surface area contributed by atoms with Gasteiger partial charge in [-0.3, -0.25) is 10.2 Å². The van der Waals surface area contributed by atoms with E-state index in [1.807, 2.05) is 30.3 Å². The molecule has 4 aromatic carbocycles. The van der Waals surface area contributed by atoms with Crippen LogP contribution in [0, 0.1) is 5.41 Å². The highest BCUT2D eigenvalue weighted by Crippen LogP contribution is 2.45. The summed E-state index contributed by atoms with van der Waals surface area (Å²) in [5.74, 6) is -0.140. The second kappa shape index (κ2) is 10.2. The molecule has 1 heterocycles. The van der Waals surface area contributed by atoms with Crippen LogP contribution in [0.3, 0.4) is 0 Å². The lowest BCUT2D eigenvalue weighted by Gasteiger charge is -2.16. The van der Waals surface area contributed by atoms with Crippen molar-refractivity contribution in [2.75, 3.05) is 12.1 Å². The molecule has 0 aliphatic carbocycles. The summed E-state index contributed by atoms with van der Waals surface area (Å²) in [5.41, 5.74) is 8.96. The summed E-state index contributed by atoms with van der Waals surface area (Å²) in [5, 5.41) is 10.4. The number of carbonyl (C=O) groups excluding carboxylic acids is 2. The average Bonchev–Trinajstić information content (AvgIpc) is 3.41. The zero-order chi connectivity index (χ0) is 25.8. The molecule has 0 radical (unpaired) electrons. The van der Waals surface area contributed by atoms with Gasteiger partial charge in [-0.25, -0.2) is 4.79 Å². The van der Waals surface area contributed by atoms with Gasteiger partial charge in [-0.2, -0.15) is 0 Å². The molecule has 37 heavy (non-hydrogen) atoms. The molecule has 0 aromatic heterocycles. The Morgan fingerprint density at radius 1 is 0.865 bits per heavy atom. The highest BCUT2D eigenvalue weighted by Gasteiger charge is 2.28. The Hall–Kier alpha value is -5.11. The first kappa shape index (κ1) is 23.6. The highest BCUT2D eigenvalue weighted by atomic mass is 16.7. The van der Waals surface area contributed by atoms with Gasteiger partial charge in [0.05, 0.1) is 5.56 Å². The van der Waals surface area contributed by atoms with Crippen LogP contribution < -0.4 is 20.5 Å². The van der Waals surface area contributed by atoms with Gasteiger partial charge in [0.25, 0.3) is 5.91 Å². The lowest BCUT2D eigenvalue weighted by atomic mass is 9.93. The summed E-state index contributed by atoms with van der Waals surface area (Å²) in [4.78, 5) is 26.6. The maximum Gasteiger partial charge on any atom is 0.339 e. The molecule has 8 heteroatoms. The molecule has 4 N–H and O–H groups in total. The Balaban J connectivity index is 1.49. The number of esters is 1. The van der Waals surface area contributed by atoms with E-state index >= 15 is 0 Å². The predicted molar refractivity (Wildman–Crippen MR) is 139 cm³/mol. The fraction of sp³-hybridized carbons (Fsp3) is 0.0690. The first-order valence-electron chi connectivity index (χ1n) is 11.5. The largest absolute Gasteiger partial charge is 0.457 e. The molecule has 0 fully saturated rings. The summed E-state index contributed by atoms with van der Waals surface area (Å²) < 4.78 is 16.9. The number of amides is 1. The number of nitrogen functional groups attached to an aromatic ring is 1. The Bertz CT molecular complexity index is 1480. The maximum atomic E-state index is 13.4. The van der Waals surface area contributed by atoms with Crippen LogP contribution in [-0.4, -0.2) is 24.5 Å². The van der Waals surface area contributed by atoms with E-state index in [0.717, 1.165) is 5.56 Å². The van der Waals surface area contributed by atoms with E-state index in [2.05, 4.69) is 5.32 Å². The Morgan fingerprint density at radius 3 is 2.35 bits per heavy atom. The van der Waals surface area contributed by atoms with Crippen LogP contribution in [0.15, 0.2) is 91.0 Å². The molecule has 8 nitrogen and oxygen atoms in total. The normalized spacial score (nSPS) is 11.6. The lowest BCUT2D eigenvalue weighted by Crippen LogP contribution is -2.15. The van der Waals surface area contributed by atoms with E-state index < -0.39 is 5.97 Å². The Kier molecular flexibility index (Phi) is 6.54. The Labute approximate surface area is 213 Å². The zero-order valence-corrected chi connectivity index (χ0v) is 19.7. The van der Waals surface area contributed by atoms with Crippen molar-refractivity contribution >= 4 is 23.4 Å². The predicted octanol–water partition coefficient (Wildman–Crippen LogP) is 4.98. The molecule has 0 bridgehead atoms. The van der Waals surface area contributed by atoms with Crippen molar-refractivity contribution in [1.82, 2.24) is 0 Å². The van der Waals surface area contributed by atoms with Crippen molar-refractivity contribution in [3.05, 3.63) is 113 Å². The number of fused-ring (bicyclic) bond motifs is 1. The molecule has 1 aliphatic heterocycles. The summed E-state index contributed by atoms with van der Waals surface area (Å²) in [7, 11) is 0. The van der Waals surface area contributed by atoms with E-state index in [4.69, 9.17) is 25.4 Å². The highest BCUT2D eigenvalue weighted by molar-refractivity contribution is 6.11. The van der Waals surface area contributed by atoms with Crippen molar-refractivity contribution in [1.29, 1.82) is 5.41 Å². The number of benzene rings is 4. The summed E-state index contributed by atoms with van der Waals surface area (Å²) in [6, 6.07) is 26.2. The van der Waals surface area contributed by atoms with Crippen molar-refractivity contribution in [2.45, 2.75) is 6.61 Å². The van der Waals surface area contributed by atoms with Gasteiger partial charge in [-0.1, -0.05) is 48.5 Å². The Morgan fingerprint density at radius 2 is 1.59 bits per heavy atom. The third kappa shape index (κ3) is 4.99. The molecule has 0 spiro atoms. The summed E-state index contributed by atoms with van der Waals surface area (Å²) in [6.07, 6.45) is 0. The van der Waals surface area contributed by atoms with Crippen molar-refractivity contribution in [3.8, 4) is 22.6 Å². The van der Waals surface area contributed by atoms with Crippen LogP contribution in [-0.2, 0) is 11.3 Å². The van der Waals surface area contributed by atoms with E-state index in [0.29, 0.717) is 39.4 Å². The quantitative estimate of drug-likeness (QED) is 0.190. The molecule has 0 saturated heterocycles. The molecule has 0 unspecified atom stereocenters. The van der Waals surface area contributed by atoms with Crippen molar-refractivity contribution in [3.63, 3.8) is 0 Å². The number of hydrogen-bond donors (Lipinski definition) is 3. The minimum atomic E-state index is -0.549. The smallest absolute Gasteiger partial charge is 0.339 e. The van der Waals surface area contributed by atoms with Crippen molar-refractivity contribution in [2.24, 2.45) is 5.73 Å². The molecule has 0 saturated carbocycles. The molecule has 5 rings (SSSR count). The fourth-order valence-electron chi connectivity index (χ4n) is 4.04. The van der Waals surface area contributed by atoms with Crippen molar-refractivity contribution < 1.29 is 23.8 Å². The van der Waals surface area contributed by atoms with Gasteiger partial charge in [-0.05, 0) is 53.6 Å². The van der Waals surface area contributed by atoms with Crippen LogP contribution in [0.4, 0.5) is 5.69 Å². The third-order valence-corrected chi connectivity index (χ3v) is 5.87. The number of nitrogens with one attached hydrogen (secondary N) is 2. The van der Waals surface area contributed by atoms with E-state index in [9.17, 15) is 9.59 Å². The molecule has 184 valence electrons. The van der Waals surface area contributed by atoms with E-state index in [-0.39, 0.29) is 30.7 Å². The topological polar surface area (TPSA) is 124 Å². The molecule has 0 atom stereocenters. The van der Waals surface area contributed by atoms with Crippen LogP contribution in [0.2, 0.25) is 0 Å². The van der Waals surface area contributed by atoms with Gasteiger partial charge < -0.3 is 25.3 Å². The molecular weight excluding hydrogens is 470 g/mol. The fourth-order valence-corrected chi connectivity index (χ4v) is 4.04. The SMILES string of the molecule is N=C(N)c1ccc(NC(=O)c2ccccc2-c2c(C(=O)OCc3ccccc3)ccc3c2OCO3)cc1. The zero-order valence-electron chi connectivity index (χ0n) is 19.7. The molecule has 1 amide bonds. The second-order valence-corrected chi connectivity index (χ2v) is 8.27. The van der Waals surface area contributed by atoms with Crippen LogP contribution >= 0.6 is 0 Å². The number of amidine groups is 1. The first-order chi connectivity index (χ1) is 18.0. The number of rotatable bonds is 7. The third-order valence-electron chi connectivity index (χ3n) is 5.87. The maximum absolute atomic E-state index is 13.4. The number of anilines is 1. The average molecular weight is 494 g/mol. The molecule has 4 aromatic rings. The minimum absolute atomic E-state index is 0.00170. The molecule has 1 aliphatic rings. The van der Waals surface area contributed by atoms with Gasteiger partial charge in [0.1, 0.15) is 12.4 Å². The van der Waals surface area contributed by atoms with Gasteiger partial charge in [0, 0.05) is 22.4 Å². The van der Waals surface area contributed by atoms with Crippen LogP contribution in [0.25, 0.3) is 11.1 Å². The van der Waals surface area contributed by atoms with Gasteiger partial charge in [-0.15, -0.1) is 0 Å².